The molecular formula is C12H16F3N3O2. The zero-order valence-corrected chi connectivity index (χ0v) is 11.3. The van der Waals surface area contributed by atoms with Gasteiger partial charge >= 0.3 is 6.18 Å². The topological polar surface area (TPSA) is 57.0 Å². The molecule has 5 nitrogen and oxygen atoms in total. The summed E-state index contributed by atoms with van der Waals surface area (Å²) < 4.78 is 42.5. The fourth-order valence-corrected chi connectivity index (χ4v) is 1.45. The molecule has 1 heterocycles. The van der Waals surface area contributed by atoms with Crippen LogP contribution in [0, 0.1) is 0 Å². The van der Waals surface area contributed by atoms with Crippen LogP contribution in [0.15, 0.2) is 18.0 Å². The number of hydrogen-bond donors (Lipinski definition) is 0. The van der Waals surface area contributed by atoms with Gasteiger partial charge in [0.2, 0.25) is 0 Å². The molecule has 0 amide bonds. The van der Waals surface area contributed by atoms with Crippen LogP contribution in [0.3, 0.4) is 0 Å². The first-order chi connectivity index (χ1) is 9.36. The Hall–Kier alpha value is -1.86. The molecule has 8 heteroatoms. The second-order valence-corrected chi connectivity index (χ2v) is 4.19. The van der Waals surface area contributed by atoms with Crippen molar-refractivity contribution in [3.05, 3.63) is 23.7 Å². The maximum absolute atomic E-state index is 12.1. The molecule has 0 aliphatic rings. The molecule has 1 aromatic heterocycles. The van der Waals surface area contributed by atoms with Gasteiger partial charge in [0.1, 0.15) is 12.3 Å². The van der Waals surface area contributed by atoms with Crippen molar-refractivity contribution in [2.24, 2.45) is 0 Å². The Balaban J connectivity index is 2.71. The standard InChI is InChI=1S/C12H16F3N3O2/c1-3-4-5-9-7-18(17-16-9)8-10(20-2)6-11(19)12(13,14)15/h6-7H,3-5,8H2,1-2H3/b10-6+. The summed E-state index contributed by atoms with van der Waals surface area (Å²) in [4.78, 5) is 10.8. The summed E-state index contributed by atoms with van der Waals surface area (Å²) in [5.41, 5.74) is 0.754. The smallest absolute Gasteiger partial charge is 0.454 e. The number of methoxy groups -OCH3 is 1. The number of nitrogens with zero attached hydrogens (tertiary/aromatic N) is 3. The number of allylic oxidation sites excluding steroid dienone is 2. The number of aryl methyl sites for hydroxylation is 1. The maximum Gasteiger partial charge on any atom is 0.454 e. The van der Waals surface area contributed by atoms with Crippen LogP contribution in [0.5, 0.6) is 0 Å². The van der Waals surface area contributed by atoms with Gasteiger partial charge in [0.15, 0.2) is 0 Å². The molecule has 0 aliphatic carbocycles. The largest absolute Gasteiger partial charge is 0.499 e. The van der Waals surface area contributed by atoms with E-state index in [0.29, 0.717) is 6.08 Å². The second kappa shape index (κ2) is 7.06. The molecule has 0 unspecified atom stereocenters. The number of hydrogen-bond acceptors (Lipinski definition) is 4. The summed E-state index contributed by atoms with van der Waals surface area (Å²) in [5.74, 6) is -2.08. The highest BCUT2D eigenvalue weighted by Crippen LogP contribution is 2.18. The molecule has 0 fully saturated rings. The highest BCUT2D eigenvalue weighted by atomic mass is 19.4. The number of alkyl halides is 3. The Bertz CT molecular complexity index is 481. The zero-order chi connectivity index (χ0) is 15.2. The summed E-state index contributed by atoms with van der Waals surface area (Å²) in [6, 6.07) is 0. The predicted octanol–water partition coefficient (Wildman–Crippen LogP) is 2.28. The number of halogens is 3. The summed E-state index contributed by atoms with van der Waals surface area (Å²) in [5, 5.41) is 7.67. The second-order valence-electron chi connectivity index (χ2n) is 4.19. The summed E-state index contributed by atoms with van der Waals surface area (Å²) in [6.45, 7) is 1.97. The lowest BCUT2D eigenvalue weighted by Gasteiger charge is -2.06. The van der Waals surface area contributed by atoms with Crippen LogP contribution in [0.2, 0.25) is 0 Å². The lowest BCUT2D eigenvalue weighted by molar-refractivity contribution is -0.165. The maximum atomic E-state index is 12.1. The first-order valence-corrected chi connectivity index (χ1v) is 6.11. The summed E-state index contributed by atoms with van der Waals surface area (Å²) in [7, 11) is 1.20. The molecule has 1 aromatic rings. The van der Waals surface area contributed by atoms with Crippen molar-refractivity contribution in [3.8, 4) is 0 Å². The van der Waals surface area contributed by atoms with Gasteiger partial charge in [-0.1, -0.05) is 18.6 Å². The van der Waals surface area contributed by atoms with Crippen LogP contribution in [0.1, 0.15) is 25.5 Å². The third-order valence-corrected chi connectivity index (χ3v) is 2.52. The Morgan fingerprint density at radius 1 is 1.50 bits per heavy atom. The highest BCUT2D eigenvalue weighted by Gasteiger charge is 2.37. The van der Waals surface area contributed by atoms with Crippen molar-refractivity contribution in [2.45, 2.75) is 38.9 Å². The molecule has 0 saturated carbocycles. The Morgan fingerprint density at radius 3 is 2.75 bits per heavy atom. The minimum atomic E-state index is -4.90. The van der Waals surface area contributed by atoms with Gasteiger partial charge in [-0.05, 0) is 12.8 Å². The molecule has 0 atom stereocenters. The molecule has 0 N–H and O–H groups in total. The van der Waals surface area contributed by atoms with E-state index in [1.807, 2.05) is 6.92 Å². The van der Waals surface area contributed by atoms with Crippen molar-refractivity contribution >= 4 is 5.78 Å². The number of rotatable bonds is 7. The van der Waals surface area contributed by atoms with E-state index in [4.69, 9.17) is 4.74 Å². The van der Waals surface area contributed by atoms with Gasteiger partial charge in [0.05, 0.1) is 12.8 Å². The highest BCUT2D eigenvalue weighted by molar-refractivity contribution is 5.94. The van der Waals surface area contributed by atoms with Crippen LogP contribution in [0.25, 0.3) is 0 Å². The molecule has 0 radical (unpaired) electrons. The van der Waals surface area contributed by atoms with Gasteiger partial charge in [-0.15, -0.1) is 5.10 Å². The first-order valence-electron chi connectivity index (χ1n) is 6.11. The van der Waals surface area contributed by atoms with Crippen molar-refractivity contribution in [3.63, 3.8) is 0 Å². The minimum absolute atomic E-state index is 0.0720. The molecule has 20 heavy (non-hydrogen) atoms. The average Bonchev–Trinajstić information content (AvgIpc) is 2.81. The normalized spacial score (nSPS) is 12.6. The summed E-state index contributed by atoms with van der Waals surface area (Å²) >= 11 is 0. The van der Waals surface area contributed by atoms with E-state index in [1.54, 1.807) is 6.20 Å². The number of aromatic nitrogens is 3. The fourth-order valence-electron chi connectivity index (χ4n) is 1.45. The van der Waals surface area contributed by atoms with E-state index in [9.17, 15) is 18.0 Å². The average molecular weight is 291 g/mol. The SMILES string of the molecule is CCCCc1cn(C/C(=C\C(=O)C(F)(F)F)OC)nn1. The van der Waals surface area contributed by atoms with Crippen LogP contribution in [-0.4, -0.2) is 34.1 Å². The molecule has 0 spiro atoms. The number of ether oxygens (including phenoxy) is 1. The molecule has 112 valence electrons. The molecule has 0 bridgehead atoms. The van der Waals surface area contributed by atoms with Crippen molar-refractivity contribution in [1.82, 2.24) is 15.0 Å². The fraction of sp³-hybridized carbons (Fsp3) is 0.583. The zero-order valence-electron chi connectivity index (χ0n) is 11.3. The van der Waals surface area contributed by atoms with E-state index in [2.05, 4.69) is 10.3 Å². The van der Waals surface area contributed by atoms with Gasteiger partial charge < -0.3 is 4.74 Å². The predicted molar refractivity (Wildman–Crippen MR) is 64.8 cm³/mol. The number of carbonyl (C=O) groups is 1. The Kier molecular flexibility index (Phi) is 5.72. The Morgan fingerprint density at radius 2 is 2.20 bits per heavy atom. The van der Waals surface area contributed by atoms with Gasteiger partial charge in [0, 0.05) is 12.3 Å². The third-order valence-electron chi connectivity index (χ3n) is 2.52. The number of ketones is 1. The minimum Gasteiger partial charge on any atom is -0.499 e. The lowest BCUT2D eigenvalue weighted by atomic mass is 10.2. The molecule has 0 aromatic carbocycles. The first kappa shape index (κ1) is 16.2. The summed E-state index contributed by atoms with van der Waals surface area (Å²) in [6.07, 6.45) is -0.134. The molecule has 1 rings (SSSR count). The quantitative estimate of drug-likeness (QED) is 0.571. The molecular weight excluding hydrogens is 275 g/mol. The number of unbranched alkanes of at least 4 members (excludes halogenated alkanes) is 1. The Labute approximate surface area is 114 Å². The number of carbonyl (C=O) groups excluding carboxylic acids is 1. The van der Waals surface area contributed by atoms with E-state index < -0.39 is 12.0 Å². The van der Waals surface area contributed by atoms with Crippen molar-refractivity contribution in [2.75, 3.05) is 7.11 Å². The lowest BCUT2D eigenvalue weighted by Crippen LogP contribution is -2.21. The van der Waals surface area contributed by atoms with Crippen LogP contribution < -0.4 is 0 Å². The molecule has 0 aliphatic heterocycles. The van der Waals surface area contributed by atoms with Crippen molar-refractivity contribution < 1.29 is 22.7 Å². The molecule has 0 saturated heterocycles. The van der Waals surface area contributed by atoms with Crippen molar-refractivity contribution in [1.29, 1.82) is 0 Å². The van der Waals surface area contributed by atoms with Gasteiger partial charge in [-0.3, -0.25) is 4.79 Å². The van der Waals surface area contributed by atoms with E-state index in [1.165, 1.54) is 11.8 Å². The van der Waals surface area contributed by atoms with E-state index >= 15 is 0 Å². The van der Waals surface area contributed by atoms with Gasteiger partial charge in [0.25, 0.3) is 5.78 Å². The van der Waals surface area contributed by atoms with Crippen LogP contribution in [-0.2, 0) is 22.5 Å². The van der Waals surface area contributed by atoms with Gasteiger partial charge in [-0.2, -0.15) is 13.2 Å². The van der Waals surface area contributed by atoms with Crippen LogP contribution >= 0.6 is 0 Å². The van der Waals surface area contributed by atoms with Gasteiger partial charge in [-0.25, -0.2) is 4.68 Å². The third kappa shape index (κ3) is 5.02. The monoisotopic (exact) mass is 291 g/mol. The van der Waals surface area contributed by atoms with E-state index in [0.717, 1.165) is 25.0 Å². The van der Waals surface area contributed by atoms with E-state index in [-0.39, 0.29) is 12.3 Å². The van der Waals surface area contributed by atoms with Crippen LogP contribution in [0.4, 0.5) is 13.2 Å².